The second kappa shape index (κ2) is 32.4. The van der Waals surface area contributed by atoms with Crippen LogP contribution in [0.3, 0.4) is 0 Å². The normalized spacial score (nSPS) is 10.7. The number of amides is 2. The molecule has 9 rings (SSSR count). The first-order valence-electron chi connectivity index (χ1n) is 29.6. The topological polar surface area (TPSA) is 361 Å². The van der Waals surface area contributed by atoms with Crippen LogP contribution >= 0.6 is 0 Å². The van der Waals surface area contributed by atoms with Gasteiger partial charge in [0.25, 0.3) is 11.8 Å². The summed E-state index contributed by atoms with van der Waals surface area (Å²) in [6, 6.07) is 29.5. The fraction of sp³-hybridized carbons (Fsp3) is 0.308. The molecule has 3 heterocycles. The summed E-state index contributed by atoms with van der Waals surface area (Å²) >= 11 is 0. The van der Waals surface area contributed by atoms with Crippen LogP contribution in [0.5, 0.6) is 51.7 Å². The van der Waals surface area contributed by atoms with E-state index >= 15 is 0 Å². The van der Waals surface area contributed by atoms with Gasteiger partial charge in [-0.2, -0.15) is 15.3 Å². The number of aromatic nitrogens is 9. The van der Waals surface area contributed by atoms with Crippen molar-refractivity contribution in [2.75, 3.05) is 82.0 Å². The van der Waals surface area contributed by atoms with Gasteiger partial charge in [0.1, 0.15) is 63.9 Å². The fourth-order valence-electron chi connectivity index (χ4n) is 9.68. The first kappa shape index (κ1) is 69.2. The zero-order valence-electron chi connectivity index (χ0n) is 53.3. The molecule has 8 N–H and O–H groups in total. The van der Waals surface area contributed by atoms with Crippen molar-refractivity contribution in [3.05, 3.63) is 157 Å². The molecule has 93 heavy (non-hydrogen) atoms. The summed E-state index contributed by atoms with van der Waals surface area (Å²) in [6.45, 7) is 10.5. The number of hydrogen-bond donors (Lipinski definition) is 7. The summed E-state index contributed by atoms with van der Waals surface area (Å²) in [7, 11) is 9.17. The molecule has 6 aromatic carbocycles. The molecule has 0 atom stereocenters. The number of rotatable bonds is 26. The first-order valence-corrected chi connectivity index (χ1v) is 29.6. The molecule has 0 bridgehead atoms. The molecule has 9 aromatic rings. The molecule has 0 aliphatic heterocycles. The van der Waals surface area contributed by atoms with Crippen LogP contribution in [0, 0.1) is 0 Å². The molecule has 492 valence electrons. The lowest BCUT2D eigenvalue weighted by atomic mass is 10.1. The number of phenols is 2. The Labute approximate surface area is 534 Å². The molecule has 2 amide bonds. The number of carbonyl (C=O) groups excluding carboxylic acids is 2. The summed E-state index contributed by atoms with van der Waals surface area (Å²) in [6.07, 6.45) is 3.19. The van der Waals surface area contributed by atoms with Gasteiger partial charge in [0.2, 0.25) is 0 Å². The minimum absolute atomic E-state index is 0.0154. The summed E-state index contributed by atoms with van der Waals surface area (Å²) in [5.74, 6) is 0.699. The molecule has 0 radical (unpaired) electrons. The van der Waals surface area contributed by atoms with Gasteiger partial charge in [0, 0.05) is 51.9 Å². The minimum Gasteiger partial charge on any atom is -0.507 e. The number of benzene rings is 6. The Kier molecular flexibility index (Phi) is 24.1. The van der Waals surface area contributed by atoms with Crippen LogP contribution < -0.4 is 56.0 Å². The van der Waals surface area contributed by atoms with Crippen molar-refractivity contribution in [3.8, 4) is 103 Å². The zero-order chi connectivity index (χ0) is 67.5. The van der Waals surface area contributed by atoms with E-state index < -0.39 is 28.9 Å². The highest BCUT2D eigenvalue weighted by molar-refractivity contribution is 5.99. The lowest BCUT2D eigenvalue weighted by molar-refractivity contribution is 0.0691. The Hall–Kier alpha value is -11.3. The van der Waals surface area contributed by atoms with Gasteiger partial charge >= 0.3 is 23.0 Å². The summed E-state index contributed by atoms with van der Waals surface area (Å²) < 4.78 is 42.8. The third-order valence-electron chi connectivity index (χ3n) is 14.0. The predicted octanol–water partition coefficient (Wildman–Crippen LogP) is 7.71. The first-order chi connectivity index (χ1) is 44.9. The Morgan fingerprint density at radius 3 is 1.19 bits per heavy atom. The number of nitrogens with one attached hydrogen (secondary N) is 3. The lowest BCUT2D eigenvalue weighted by Gasteiger charge is -2.20. The van der Waals surface area contributed by atoms with E-state index in [0.29, 0.717) is 100 Å². The molecule has 0 spiro atoms. The highest BCUT2D eigenvalue weighted by atomic mass is 16.5. The van der Waals surface area contributed by atoms with Crippen molar-refractivity contribution in [2.24, 2.45) is 5.73 Å². The van der Waals surface area contributed by atoms with Crippen molar-refractivity contribution in [3.63, 3.8) is 0 Å². The van der Waals surface area contributed by atoms with Crippen molar-refractivity contribution in [2.45, 2.75) is 53.4 Å². The van der Waals surface area contributed by atoms with Crippen LogP contribution in [-0.4, -0.2) is 169 Å². The third-order valence-corrected chi connectivity index (χ3v) is 14.0. The minimum atomic E-state index is -1.18. The number of methoxy groups -OCH3 is 4. The second-order valence-electron chi connectivity index (χ2n) is 20.5. The number of nitrogens with zero attached hydrogens (tertiary/aromatic N) is 8. The number of aromatic amines is 3. The van der Waals surface area contributed by atoms with Crippen molar-refractivity contribution >= 4 is 17.8 Å². The van der Waals surface area contributed by atoms with Crippen molar-refractivity contribution in [1.82, 2.24) is 54.1 Å². The highest BCUT2D eigenvalue weighted by Gasteiger charge is 2.28. The highest BCUT2D eigenvalue weighted by Crippen LogP contribution is 2.40. The molecule has 0 aliphatic rings. The van der Waals surface area contributed by atoms with E-state index in [9.17, 15) is 44.1 Å². The van der Waals surface area contributed by atoms with Crippen molar-refractivity contribution in [1.29, 1.82) is 0 Å². The number of carboxylic acid groups (broad SMARTS) is 1. The van der Waals surface area contributed by atoms with E-state index in [1.165, 1.54) is 65.2 Å². The number of ether oxygens (including phenoxy) is 7. The smallest absolute Gasteiger partial charge is 0.348 e. The van der Waals surface area contributed by atoms with Gasteiger partial charge in [0.15, 0.2) is 17.5 Å². The van der Waals surface area contributed by atoms with E-state index in [2.05, 4.69) is 30.6 Å². The Morgan fingerprint density at radius 2 is 0.817 bits per heavy atom. The number of phenolic OH excluding ortho intramolecular Hbond substituents is 2. The third kappa shape index (κ3) is 15.7. The summed E-state index contributed by atoms with van der Waals surface area (Å²) in [5, 5.41) is 49.9. The lowest BCUT2D eigenvalue weighted by Crippen LogP contribution is -2.28. The maximum atomic E-state index is 13.1. The van der Waals surface area contributed by atoms with Gasteiger partial charge in [-0.25, -0.2) is 48.2 Å². The van der Waals surface area contributed by atoms with Crippen molar-refractivity contribution < 1.29 is 62.9 Å². The molecular formula is C65H76N12O16. The van der Waals surface area contributed by atoms with Crippen LogP contribution in [0.15, 0.2) is 124 Å². The van der Waals surface area contributed by atoms with Gasteiger partial charge in [-0.1, -0.05) is 64.1 Å². The molecule has 28 nitrogen and oxygen atoms in total. The van der Waals surface area contributed by atoms with E-state index in [4.69, 9.17) is 38.9 Å². The van der Waals surface area contributed by atoms with Crippen LogP contribution in [0.1, 0.15) is 84.5 Å². The van der Waals surface area contributed by atoms with Gasteiger partial charge in [-0.3, -0.25) is 9.59 Å². The molecular weight excluding hydrogens is 1200 g/mol. The SMILES string of the molecule is CCCN(C)C(=O)c1cc(-c2n[nH]c(=O)n2-c2ccccc2OCCN)c(O)cc1O.CCCOc1ccccc1-n1c(-c2cc(C(=O)N(C)CCC)c(OC)cc2OC)n[nH]c1=O.CCCOc1ccccc1-n1c(-c2cc(C(=O)O)c(OC)cc2OC)n[nH]c1=O. The average Bonchev–Trinajstić information content (AvgIpc) is 1.75. The van der Waals surface area contributed by atoms with E-state index in [1.807, 2.05) is 39.8 Å². The zero-order valence-corrected chi connectivity index (χ0v) is 53.3. The largest absolute Gasteiger partial charge is 0.507 e. The van der Waals surface area contributed by atoms with Crippen LogP contribution in [0.4, 0.5) is 0 Å². The summed E-state index contributed by atoms with van der Waals surface area (Å²) in [5.41, 5.74) is 6.54. The number of carboxylic acids is 1. The maximum Gasteiger partial charge on any atom is 0.348 e. The molecule has 0 unspecified atom stereocenters. The number of para-hydroxylation sites is 6. The predicted molar refractivity (Wildman–Crippen MR) is 346 cm³/mol. The average molecular weight is 1280 g/mol. The van der Waals surface area contributed by atoms with Crippen LogP contribution in [-0.2, 0) is 0 Å². The molecule has 0 aliphatic carbocycles. The number of nitrogens with two attached hydrogens (primary N) is 1. The Balaban J connectivity index is 0.000000198. The van der Waals surface area contributed by atoms with Gasteiger partial charge in [0.05, 0.1) is 86.5 Å². The van der Waals surface area contributed by atoms with Gasteiger partial charge < -0.3 is 64.0 Å². The van der Waals surface area contributed by atoms with Gasteiger partial charge in [-0.15, -0.1) is 0 Å². The van der Waals surface area contributed by atoms with Gasteiger partial charge in [-0.05, 0) is 80.3 Å². The summed E-state index contributed by atoms with van der Waals surface area (Å²) in [4.78, 5) is 78.6. The number of carbonyl (C=O) groups is 3. The molecule has 3 aromatic heterocycles. The number of aromatic carboxylic acids is 1. The number of aromatic hydroxyl groups is 2. The molecule has 28 heteroatoms. The fourth-order valence-corrected chi connectivity index (χ4v) is 9.68. The quantitative estimate of drug-likeness (QED) is 0.0273. The van der Waals surface area contributed by atoms with E-state index in [1.54, 1.807) is 91.8 Å². The maximum absolute atomic E-state index is 13.1. The monoisotopic (exact) mass is 1280 g/mol. The molecule has 0 saturated carbocycles. The van der Waals surface area contributed by atoms with Crippen LogP contribution in [0.25, 0.3) is 51.2 Å². The molecule has 0 fully saturated rings. The van der Waals surface area contributed by atoms with E-state index in [-0.39, 0.29) is 64.6 Å². The standard InChI is InChI=1S/C24H30N4O5.C21H25N5O5.C20H21N3O6/c1-6-12-27(3)23(29)17-14-16(20(31-4)15-21(17)32-5)22-25-26-24(30)28(22)18-10-8-9-11-19(18)33-13-7-2;1-3-9-25(2)20(29)14-11-13(16(27)12-17(14)28)19-23-24-21(30)26(19)15-6-4-5-7-18(15)31-10-8-22;1-4-9-29-15-8-6-5-7-14(15)23-18(21-22-20(23)26)12-10-13(19(24)25)17(28-3)11-16(12)27-2/h8-11,14-15H,6-7,12-13H2,1-5H3,(H,26,30);4-7,11-12,27-28H,3,8-10,22H2,1-2H3,(H,24,30);5-8,10-11H,4,9H2,1-3H3,(H,22,26)(H,24,25). The molecule has 0 saturated heterocycles. The Bertz CT molecular complexity index is 4240. The second-order valence-corrected chi connectivity index (χ2v) is 20.5. The van der Waals surface area contributed by atoms with Crippen LogP contribution in [0.2, 0.25) is 0 Å². The van der Waals surface area contributed by atoms with E-state index in [0.717, 1.165) is 31.7 Å². The Morgan fingerprint density at radius 1 is 0.462 bits per heavy atom. The number of H-pyrrole nitrogens is 3. The number of hydrogen-bond acceptors (Lipinski definition) is 19.